The number of phenols is 1. The Kier molecular flexibility index (Phi) is 3.47. The van der Waals surface area contributed by atoms with E-state index in [0.29, 0.717) is 11.7 Å². The fourth-order valence-corrected chi connectivity index (χ4v) is 3.81. The van der Waals surface area contributed by atoms with Crippen molar-refractivity contribution >= 4 is 0 Å². The molecule has 0 bridgehead atoms. The third kappa shape index (κ3) is 2.15. The highest BCUT2D eigenvalue weighted by atomic mass is 16.5. The Hall–Kier alpha value is -1.96. The van der Waals surface area contributed by atoms with Crippen molar-refractivity contribution in [2.24, 2.45) is 5.41 Å². The zero-order valence-electron chi connectivity index (χ0n) is 14.9. The van der Waals surface area contributed by atoms with Crippen LogP contribution in [0, 0.1) is 19.3 Å². The summed E-state index contributed by atoms with van der Waals surface area (Å²) in [6.45, 7) is 12.8. The Balaban J connectivity index is 2.26. The van der Waals surface area contributed by atoms with Gasteiger partial charge in [0.1, 0.15) is 17.1 Å². The van der Waals surface area contributed by atoms with Gasteiger partial charge in [-0.25, -0.2) is 0 Å². The highest BCUT2D eigenvalue weighted by Crippen LogP contribution is 2.58. The zero-order chi connectivity index (χ0) is 17.0. The van der Waals surface area contributed by atoms with Gasteiger partial charge in [-0.15, -0.1) is 0 Å². The summed E-state index contributed by atoms with van der Waals surface area (Å²) in [5.41, 5.74) is 3.38. The minimum Gasteiger partial charge on any atom is -0.507 e. The van der Waals surface area contributed by atoms with E-state index in [9.17, 15) is 5.11 Å². The van der Waals surface area contributed by atoms with Crippen molar-refractivity contribution in [3.8, 4) is 11.5 Å². The second kappa shape index (κ2) is 5.02. The van der Waals surface area contributed by atoms with Gasteiger partial charge < -0.3 is 9.84 Å². The Morgan fingerprint density at radius 1 is 1.04 bits per heavy atom. The maximum Gasteiger partial charge on any atom is 0.140 e. The smallest absolute Gasteiger partial charge is 0.140 e. The molecule has 0 amide bonds. The van der Waals surface area contributed by atoms with Crippen LogP contribution < -0.4 is 4.74 Å². The maximum absolute atomic E-state index is 10.7. The van der Waals surface area contributed by atoms with Crippen LogP contribution in [0.25, 0.3) is 0 Å². The quantitative estimate of drug-likeness (QED) is 0.759. The molecule has 1 aliphatic heterocycles. The fraction of sp³-hybridized carbons (Fsp3) is 0.429. The van der Waals surface area contributed by atoms with Crippen molar-refractivity contribution in [3.05, 3.63) is 58.7 Å². The molecule has 2 nitrogen and oxygen atoms in total. The summed E-state index contributed by atoms with van der Waals surface area (Å²) < 4.78 is 6.52. The van der Waals surface area contributed by atoms with Gasteiger partial charge in [0.25, 0.3) is 0 Å². The molecule has 23 heavy (non-hydrogen) atoms. The topological polar surface area (TPSA) is 29.5 Å². The van der Waals surface area contributed by atoms with E-state index in [-0.39, 0.29) is 5.41 Å². The summed E-state index contributed by atoms with van der Waals surface area (Å²) in [7, 11) is 0. The fourth-order valence-electron chi connectivity index (χ4n) is 3.81. The van der Waals surface area contributed by atoms with Crippen LogP contribution in [-0.2, 0) is 5.60 Å². The maximum atomic E-state index is 10.7. The second-order valence-corrected chi connectivity index (χ2v) is 7.59. The first-order valence-corrected chi connectivity index (χ1v) is 8.27. The lowest BCUT2D eigenvalue weighted by molar-refractivity contribution is -0.0654. The number of benzene rings is 2. The molecule has 0 fully saturated rings. The molecule has 2 heteroatoms. The molecule has 1 N–H and O–H groups in total. The van der Waals surface area contributed by atoms with Crippen molar-refractivity contribution in [1.82, 2.24) is 0 Å². The number of rotatable bonds is 1. The van der Waals surface area contributed by atoms with Crippen molar-refractivity contribution < 1.29 is 9.84 Å². The van der Waals surface area contributed by atoms with Gasteiger partial charge in [-0.1, -0.05) is 50.6 Å². The Morgan fingerprint density at radius 2 is 1.70 bits per heavy atom. The molecule has 0 radical (unpaired) electrons. The average Bonchev–Trinajstić information content (AvgIpc) is 2.49. The first kappa shape index (κ1) is 15.9. The van der Waals surface area contributed by atoms with Gasteiger partial charge >= 0.3 is 0 Å². The number of phenolic OH excluding ortho intramolecular Hbond substituents is 1. The second-order valence-electron chi connectivity index (χ2n) is 7.59. The van der Waals surface area contributed by atoms with Crippen LogP contribution in [0.5, 0.6) is 11.5 Å². The first-order chi connectivity index (χ1) is 10.7. The van der Waals surface area contributed by atoms with Crippen molar-refractivity contribution in [3.63, 3.8) is 0 Å². The van der Waals surface area contributed by atoms with Gasteiger partial charge in [-0.2, -0.15) is 0 Å². The van der Waals surface area contributed by atoms with E-state index < -0.39 is 5.60 Å². The van der Waals surface area contributed by atoms with Crippen LogP contribution in [0.1, 0.15) is 55.9 Å². The monoisotopic (exact) mass is 310 g/mol. The SMILES string of the molecule is Cc1cc(C)c(O)c(C2(C)Oc3ccccc3C(C)C2(C)C)c1. The lowest BCUT2D eigenvalue weighted by Gasteiger charge is -2.52. The summed E-state index contributed by atoms with van der Waals surface area (Å²) in [5, 5.41) is 10.7. The molecule has 1 aliphatic rings. The summed E-state index contributed by atoms with van der Waals surface area (Å²) >= 11 is 0. The number of hydrogen-bond acceptors (Lipinski definition) is 2. The van der Waals surface area contributed by atoms with Gasteiger partial charge in [0.2, 0.25) is 0 Å². The van der Waals surface area contributed by atoms with Crippen molar-refractivity contribution in [2.45, 2.75) is 53.1 Å². The van der Waals surface area contributed by atoms with E-state index in [0.717, 1.165) is 22.4 Å². The molecular formula is C21H26O2. The largest absolute Gasteiger partial charge is 0.507 e. The predicted molar refractivity (Wildman–Crippen MR) is 94.2 cm³/mol. The molecule has 3 rings (SSSR count). The Labute approximate surface area is 139 Å². The molecular weight excluding hydrogens is 284 g/mol. The van der Waals surface area contributed by atoms with Gasteiger partial charge in [-0.3, -0.25) is 0 Å². The number of hydrogen-bond donors (Lipinski definition) is 1. The molecule has 122 valence electrons. The molecule has 0 aliphatic carbocycles. The predicted octanol–water partition coefficient (Wildman–Crippen LogP) is 5.45. The van der Waals surface area contributed by atoms with Crippen LogP contribution in [0.3, 0.4) is 0 Å². The van der Waals surface area contributed by atoms with Crippen LogP contribution in [-0.4, -0.2) is 5.11 Å². The number of aryl methyl sites for hydroxylation is 2. The van der Waals surface area contributed by atoms with Gasteiger partial charge in [-0.05, 0) is 49.9 Å². The normalized spacial score (nSPS) is 25.6. The zero-order valence-corrected chi connectivity index (χ0v) is 14.9. The lowest BCUT2D eigenvalue weighted by atomic mass is 9.61. The lowest BCUT2D eigenvalue weighted by Crippen LogP contribution is -2.50. The number of fused-ring (bicyclic) bond motifs is 1. The molecule has 2 aromatic carbocycles. The number of aromatic hydroxyl groups is 1. The minimum absolute atomic E-state index is 0.168. The highest BCUT2D eigenvalue weighted by molar-refractivity contribution is 5.50. The standard InChI is InChI=1S/C21H26O2/c1-13-11-14(2)19(22)17(12-13)21(6)20(4,5)15(3)16-9-7-8-10-18(16)23-21/h7-12,15,22H,1-6H3. The van der Waals surface area contributed by atoms with Crippen LogP contribution in [0.2, 0.25) is 0 Å². The molecule has 0 saturated carbocycles. The van der Waals surface area contributed by atoms with E-state index in [1.54, 1.807) is 0 Å². The summed E-state index contributed by atoms with van der Waals surface area (Å²) in [6.07, 6.45) is 0. The first-order valence-electron chi connectivity index (χ1n) is 8.27. The van der Waals surface area contributed by atoms with Gasteiger partial charge in [0.05, 0.1) is 0 Å². The van der Waals surface area contributed by atoms with E-state index in [4.69, 9.17) is 4.74 Å². The third-order valence-corrected chi connectivity index (χ3v) is 5.97. The molecule has 0 spiro atoms. The molecule has 0 aromatic heterocycles. The Morgan fingerprint density at radius 3 is 2.39 bits per heavy atom. The van der Waals surface area contributed by atoms with Crippen LogP contribution in [0.4, 0.5) is 0 Å². The molecule has 1 heterocycles. The number of ether oxygens (including phenoxy) is 1. The van der Waals surface area contributed by atoms with Crippen molar-refractivity contribution in [2.75, 3.05) is 0 Å². The van der Waals surface area contributed by atoms with Gasteiger partial charge in [0, 0.05) is 11.0 Å². The van der Waals surface area contributed by atoms with Crippen LogP contribution in [0.15, 0.2) is 36.4 Å². The summed E-state index contributed by atoms with van der Waals surface area (Å²) in [6, 6.07) is 12.3. The Bertz CT molecular complexity index is 760. The molecule has 2 atom stereocenters. The summed E-state index contributed by atoms with van der Waals surface area (Å²) in [4.78, 5) is 0. The van der Waals surface area contributed by atoms with E-state index >= 15 is 0 Å². The van der Waals surface area contributed by atoms with Crippen LogP contribution >= 0.6 is 0 Å². The highest BCUT2D eigenvalue weighted by Gasteiger charge is 2.53. The van der Waals surface area contributed by atoms with Crippen molar-refractivity contribution in [1.29, 1.82) is 0 Å². The third-order valence-electron chi connectivity index (χ3n) is 5.97. The van der Waals surface area contributed by atoms with E-state index in [1.807, 2.05) is 25.1 Å². The average molecular weight is 310 g/mol. The molecule has 2 aromatic rings. The summed E-state index contributed by atoms with van der Waals surface area (Å²) in [5.74, 6) is 1.58. The van der Waals surface area contributed by atoms with Gasteiger partial charge in [0.15, 0.2) is 0 Å². The molecule has 2 unspecified atom stereocenters. The van der Waals surface area contributed by atoms with E-state index in [2.05, 4.69) is 52.8 Å². The van der Waals surface area contributed by atoms with E-state index in [1.165, 1.54) is 5.56 Å². The number of para-hydroxylation sites is 1. The minimum atomic E-state index is -0.596. The molecule has 0 saturated heterocycles.